The normalized spacial score (nSPS) is 11.2. The lowest BCUT2D eigenvalue weighted by atomic mass is 9.99. The van der Waals surface area contributed by atoms with Crippen molar-refractivity contribution in [1.29, 1.82) is 0 Å². The highest BCUT2D eigenvalue weighted by molar-refractivity contribution is 6.15. The van der Waals surface area contributed by atoms with Crippen molar-refractivity contribution in [2.45, 2.75) is 0 Å². The van der Waals surface area contributed by atoms with E-state index in [4.69, 9.17) is 0 Å². The monoisotopic (exact) mass is 395 g/mol. The molecule has 146 valence electrons. The molecule has 6 rings (SSSR count). The Bertz CT molecular complexity index is 1490. The van der Waals surface area contributed by atoms with Gasteiger partial charge in [-0.25, -0.2) is 0 Å². The van der Waals surface area contributed by atoms with Gasteiger partial charge in [0.05, 0.1) is 11.0 Å². The van der Waals surface area contributed by atoms with Gasteiger partial charge in [0.1, 0.15) is 0 Å². The quantitative estimate of drug-likeness (QED) is 0.285. The first-order valence-corrected chi connectivity index (χ1v) is 10.6. The van der Waals surface area contributed by atoms with E-state index in [0.29, 0.717) is 0 Å². The number of rotatable bonds is 3. The minimum atomic E-state index is 1.18. The molecule has 1 heteroatoms. The van der Waals surface area contributed by atoms with Crippen LogP contribution in [0.15, 0.2) is 127 Å². The highest BCUT2D eigenvalue weighted by Crippen LogP contribution is 2.38. The van der Waals surface area contributed by atoms with Crippen LogP contribution in [0.25, 0.3) is 49.7 Å². The van der Waals surface area contributed by atoms with Gasteiger partial charge in [-0.3, -0.25) is 0 Å². The Morgan fingerprint density at radius 1 is 0.387 bits per heavy atom. The standard InChI is InChI=1S/C30H21N/c1-3-10-22(11-4-1)23-18-20-25(21-19-23)31-28-16-8-7-14-27(28)30-26(15-9-17-29(30)31)24-12-5-2-6-13-24/h1-21H. The number of benzene rings is 5. The maximum atomic E-state index is 2.38. The van der Waals surface area contributed by atoms with Crippen LogP contribution >= 0.6 is 0 Å². The molecule has 6 aromatic rings. The van der Waals surface area contributed by atoms with Crippen molar-refractivity contribution in [3.8, 4) is 27.9 Å². The maximum absolute atomic E-state index is 2.38. The highest BCUT2D eigenvalue weighted by Gasteiger charge is 2.15. The van der Waals surface area contributed by atoms with E-state index in [2.05, 4.69) is 132 Å². The number of para-hydroxylation sites is 1. The van der Waals surface area contributed by atoms with Crippen molar-refractivity contribution in [1.82, 2.24) is 4.57 Å². The molecule has 31 heavy (non-hydrogen) atoms. The predicted octanol–water partition coefficient (Wildman–Crippen LogP) is 8.12. The molecular weight excluding hydrogens is 374 g/mol. The van der Waals surface area contributed by atoms with E-state index >= 15 is 0 Å². The number of nitrogens with zero attached hydrogens (tertiary/aromatic N) is 1. The number of hydrogen-bond acceptors (Lipinski definition) is 0. The van der Waals surface area contributed by atoms with Crippen molar-refractivity contribution in [2.75, 3.05) is 0 Å². The van der Waals surface area contributed by atoms with E-state index in [1.165, 1.54) is 49.7 Å². The first kappa shape index (κ1) is 17.7. The summed E-state index contributed by atoms with van der Waals surface area (Å²) < 4.78 is 2.38. The molecular formula is C30H21N. The molecule has 0 bridgehead atoms. The van der Waals surface area contributed by atoms with Gasteiger partial charge >= 0.3 is 0 Å². The third-order valence-electron chi connectivity index (χ3n) is 6.02. The van der Waals surface area contributed by atoms with Crippen LogP contribution in [-0.2, 0) is 0 Å². The summed E-state index contributed by atoms with van der Waals surface area (Å²) in [7, 11) is 0. The third-order valence-corrected chi connectivity index (χ3v) is 6.02. The SMILES string of the molecule is c1ccc(-c2ccc(-n3c4ccccc4c4c(-c5ccccc5)cccc43)cc2)cc1. The summed E-state index contributed by atoms with van der Waals surface area (Å²) in [6.45, 7) is 0. The van der Waals surface area contributed by atoms with Crippen molar-refractivity contribution >= 4 is 21.8 Å². The van der Waals surface area contributed by atoms with Gasteiger partial charge in [0, 0.05) is 16.5 Å². The van der Waals surface area contributed by atoms with Crippen LogP contribution in [0.3, 0.4) is 0 Å². The van der Waals surface area contributed by atoms with E-state index in [9.17, 15) is 0 Å². The average Bonchev–Trinajstić information content (AvgIpc) is 3.20. The molecule has 0 aliphatic carbocycles. The van der Waals surface area contributed by atoms with E-state index < -0.39 is 0 Å². The average molecular weight is 396 g/mol. The zero-order valence-corrected chi connectivity index (χ0v) is 17.1. The molecule has 0 unspecified atom stereocenters. The molecule has 0 N–H and O–H groups in total. The minimum Gasteiger partial charge on any atom is -0.309 e. The van der Waals surface area contributed by atoms with Crippen LogP contribution in [0.4, 0.5) is 0 Å². The lowest BCUT2D eigenvalue weighted by Gasteiger charge is -2.10. The largest absolute Gasteiger partial charge is 0.309 e. The number of aromatic nitrogens is 1. The Hall–Kier alpha value is -4.10. The number of hydrogen-bond donors (Lipinski definition) is 0. The second-order valence-corrected chi connectivity index (χ2v) is 7.83. The molecule has 1 heterocycles. The second kappa shape index (κ2) is 7.30. The first-order valence-electron chi connectivity index (χ1n) is 10.6. The molecule has 0 fully saturated rings. The highest BCUT2D eigenvalue weighted by atomic mass is 15.0. The zero-order chi connectivity index (χ0) is 20.6. The fourth-order valence-electron chi connectivity index (χ4n) is 4.59. The maximum Gasteiger partial charge on any atom is 0.0547 e. The Kier molecular flexibility index (Phi) is 4.18. The smallest absolute Gasteiger partial charge is 0.0547 e. The minimum absolute atomic E-state index is 1.18. The fourth-order valence-corrected chi connectivity index (χ4v) is 4.59. The van der Waals surface area contributed by atoms with Gasteiger partial charge < -0.3 is 4.57 Å². The van der Waals surface area contributed by atoms with Crippen LogP contribution in [0.2, 0.25) is 0 Å². The molecule has 1 aromatic heterocycles. The van der Waals surface area contributed by atoms with Gasteiger partial charge in [-0.15, -0.1) is 0 Å². The Morgan fingerprint density at radius 2 is 0.968 bits per heavy atom. The Labute approximate surface area is 181 Å². The molecule has 0 aliphatic heterocycles. The topological polar surface area (TPSA) is 4.93 Å². The van der Waals surface area contributed by atoms with Gasteiger partial charge in [-0.05, 0) is 46.5 Å². The molecule has 0 radical (unpaired) electrons. The summed E-state index contributed by atoms with van der Waals surface area (Å²) in [5.74, 6) is 0. The van der Waals surface area contributed by atoms with E-state index in [-0.39, 0.29) is 0 Å². The molecule has 5 aromatic carbocycles. The summed E-state index contributed by atoms with van der Waals surface area (Å²) in [5.41, 5.74) is 8.63. The Balaban J connectivity index is 1.60. The molecule has 0 saturated heterocycles. The second-order valence-electron chi connectivity index (χ2n) is 7.83. The van der Waals surface area contributed by atoms with Crippen molar-refractivity contribution in [3.05, 3.63) is 127 Å². The summed E-state index contributed by atoms with van der Waals surface area (Å²) in [5, 5.41) is 2.58. The predicted molar refractivity (Wildman–Crippen MR) is 132 cm³/mol. The molecule has 0 spiro atoms. The van der Waals surface area contributed by atoms with E-state index in [0.717, 1.165) is 0 Å². The van der Waals surface area contributed by atoms with Gasteiger partial charge in [0.2, 0.25) is 0 Å². The van der Waals surface area contributed by atoms with Crippen molar-refractivity contribution < 1.29 is 0 Å². The summed E-state index contributed by atoms with van der Waals surface area (Å²) in [6.07, 6.45) is 0. The van der Waals surface area contributed by atoms with Crippen LogP contribution in [0.1, 0.15) is 0 Å². The van der Waals surface area contributed by atoms with E-state index in [1.807, 2.05) is 0 Å². The van der Waals surface area contributed by atoms with Crippen molar-refractivity contribution in [3.63, 3.8) is 0 Å². The van der Waals surface area contributed by atoms with Gasteiger partial charge in [-0.1, -0.05) is 103 Å². The molecule has 0 amide bonds. The summed E-state index contributed by atoms with van der Waals surface area (Å²) in [4.78, 5) is 0. The van der Waals surface area contributed by atoms with Crippen LogP contribution < -0.4 is 0 Å². The lowest BCUT2D eigenvalue weighted by Crippen LogP contribution is -1.93. The first-order chi connectivity index (χ1) is 15.4. The van der Waals surface area contributed by atoms with Crippen LogP contribution in [0, 0.1) is 0 Å². The van der Waals surface area contributed by atoms with Crippen molar-refractivity contribution in [2.24, 2.45) is 0 Å². The van der Waals surface area contributed by atoms with Gasteiger partial charge in [0.25, 0.3) is 0 Å². The van der Waals surface area contributed by atoms with Gasteiger partial charge in [-0.2, -0.15) is 0 Å². The van der Waals surface area contributed by atoms with Crippen LogP contribution in [-0.4, -0.2) is 4.57 Å². The molecule has 0 atom stereocenters. The number of fused-ring (bicyclic) bond motifs is 3. The summed E-state index contributed by atoms with van der Waals surface area (Å²) >= 11 is 0. The van der Waals surface area contributed by atoms with Crippen LogP contribution in [0.5, 0.6) is 0 Å². The zero-order valence-electron chi connectivity index (χ0n) is 17.1. The Morgan fingerprint density at radius 3 is 1.71 bits per heavy atom. The summed E-state index contributed by atoms with van der Waals surface area (Å²) in [6, 6.07) is 45.4. The molecule has 1 nitrogen and oxygen atoms in total. The molecule has 0 aliphatic rings. The van der Waals surface area contributed by atoms with Gasteiger partial charge in [0.15, 0.2) is 0 Å². The fraction of sp³-hybridized carbons (Fsp3) is 0. The molecule has 0 saturated carbocycles. The lowest BCUT2D eigenvalue weighted by molar-refractivity contribution is 1.18. The third kappa shape index (κ3) is 2.94. The van der Waals surface area contributed by atoms with E-state index in [1.54, 1.807) is 0 Å².